The number of piperidine rings is 1. The molecule has 0 saturated carbocycles. The minimum absolute atomic E-state index is 0.696. The van der Waals surface area contributed by atoms with Gasteiger partial charge in [0.25, 0.3) is 0 Å². The average molecular weight is 261 g/mol. The van der Waals surface area contributed by atoms with Crippen LogP contribution in [0, 0.1) is 12.8 Å². The zero-order chi connectivity index (χ0) is 13.2. The molecule has 0 amide bonds. The number of pyridine rings is 1. The molecular formula is C15H23N3O. The molecule has 2 unspecified atom stereocenters. The van der Waals surface area contributed by atoms with Crippen molar-refractivity contribution in [3.63, 3.8) is 0 Å². The highest BCUT2D eigenvalue weighted by Crippen LogP contribution is 2.28. The fraction of sp³-hybridized carbons (Fsp3) is 0.667. The van der Waals surface area contributed by atoms with Crippen molar-refractivity contribution in [2.24, 2.45) is 5.92 Å². The van der Waals surface area contributed by atoms with Gasteiger partial charge < -0.3 is 10.1 Å². The molecule has 3 heterocycles. The maximum atomic E-state index is 5.34. The summed E-state index contributed by atoms with van der Waals surface area (Å²) in [5.74, 6) is 1.75. The summed E-state index contributed by atoms with van der Waals surface area (Å²) < 4.78 is 5.34. The number of fused-ring (bicyclic) bond motifs is 1. The van der Waals surface area contributed by atoms with E-state index in [1.807, 2.05) is 13.0 Å². The summed E-state index contributed by atoms with van der Waals surface area (Å²) in [7, 11) is 1.72. The Kier molecular flexibility index (Phi) is 3.71. The molecule has 0 spiro atoms. The van der Waals surface area contributed by atoms with Crippen molar-refractivity contribution in [2.75, 3.05) is 26.7 Å². The molecule has 2 fully saturated rings. The molecule has 0 bridgehead atoms. The maximum absolute atomic E-state index is 5.34. The Morgan fingerprint density at radius 3 is 3.16 bits per heavy atom. The number of hydrogen-bond donors (Lipinski definition) is 1. The van der Waals surface area contributed by atoms with Crippen LogP contribution in [0.2, 0.25) is 0 Å². The minimum Gasteiger partial charge on any atom is -0.497 e. The zero-order valence-electron chi connectivity index (χ0n) is 11.9. The fourth-order valence-electron chi connectivity index (χ4n) is 3.47. The first-order valence-electron chi connectivity index (χ1n) is 7.22. The van der Waals surface area contributed by atoms with Crippen LogP contribution in [0.5, 0.6) is 5.75 Å². The second-order valence-electron chi connectivity index (χ2n) is 5.74. The Bertz CT molecular complexity index is 449. The van der Waals surface area contributed by atoms with E-state index in [9.17, 15) is 0 Å². The topological polar surface area (TPSA) is 37.4 Å². The van der Waals surface area contributed by atoms with Gasteiger partial charge in [0.05, 0.1) is 12.8 Å². The van der Waals surface area contributed by atoms with E-state index in [-0.39, 0.29) is 0 Å². The number of methoxy groups -OCH3 is 1. The van der Waals surface area contributed by atoms with Gasteiger partial charge in [-0.05, 0) is 38.8 Å². The number of likely N-dealkylation sites (tertiary alicyclic amines) is 1. The van der Waals surface area contributed by atoms with Gasteiger partial charge in [0.2, 0.25) is 0 Å². The number of nitrogens with zero attached hydrogens (tertiary/aromatic N) is 2. The summed E-state index contributed by atoms with van der Waals surface area (Å²) in [6.45, 7) is 6.49. The van der Waals surface area contributed by atoms with Gasteiger partial charge in [-0.25, -0.2) is 0 Å². The van der Waals surface area contributed by atoms with Crippen molar-refractivity contribution in [2.45, 2.75) is 32.4 Å². The number of ether oxygens (including phenoxy) is 1. The summed E-state index contributed by atoms with van der Waals surface area (Å²) >= 11 is 0. The number of aryl methyl sites for hydroxylation is 1. The van der Waals surface area contributed by atoms with Crippen LogP contribution in [0.3, 0.4) is 0 Å². The van der Waals surface area contributed by atoms with Gasteiger partial charge in [-0.15, -0.1) is 0 Å². The van der Waals surface area contributed by atoms with E-state index in [4.69, 9.17) is 4.74 Å². The molecule has 0 aromatic carbocycles. The van der Waals surface area contributed by atoms with Crippen molar-refractivity contribution in [3.8, 4) is 5.75 Å². The van der Waals surface area contributed by atoms with Crippen LogP contribution in [-0.4, -0.2) is 42.7 Å². The minimum atomic E-state index is 0.696. The molecule has 2 atom stereocenters. The third-order valence-corrected chi connectivity index (χ3v) is 4.37. The van der Waals surface area contributed by atoms with E-state index < -0.39 is 0 Å². The van der Waals surface area contributed by atoms with E-state index in [0.717, 1.165) is 36.1 Å². The maximum Gasteiger partial charge on any atom is 0.122 e. The smallest absolute Gasteiger partial charge is 0.122 e. The molecule has 4 heteroatoms. The van der Waals surface area contributed by atoms with Crippen molar-refractivity contribution in [3.05, 3.63) is 23.5 Å². The van der Waals surface area contributed by atoms with E-state index in [1.54, 1.807) is 7.11 Å². The Hall–Kier alpha value is -1.13. The zero-order valence-corrected chi connectivity index (χ0v) is 11.9. The monoisotopic (exact) mass is 261 g/mol. The highest BCUT2D eigenvalue weighted by molar-refractivity contribution is 5.26. The second-order valence-corrected chi connectivity index (χ2v) is 5.74. The molecule has 2 aliphatic rings. The molecule has 2 saturated heterocycles. The van der Waals surface area contributed by atoms with Gasteiger partial charge in [-0.3, -0.25) is 9.88 Å². The first-order valence-corrected chi connectivity index (χ1v) is 7.22. The molecule has 1 aromatic rings. The van der Waals surface area contributed by atoms with Crippen LogP contribution in [0.15, 0.2) is 12.1 Å². The lowest BCUT2D eigenvalue weighted by Gasteiger charge is -2.36. The summed E-state index contributed by atoms with van der Waals surface area (Å²) in [6, 6.07) is 4.75. The van der Waals surface area contributed by atoms with Crippen molar-refractivity contribution in [1.82, 2.24) is 15.2 Å². The largest absolute Gasteiger partial charge is 0.497 e. The van der Waals surface area contributed by atoms with E-state index in [0.29, 0.717) is 6.04 Å². The van der Waals surface area contributed by atoms with Crippen LogP contribution in [0.4, 0.5) is 0 Å². The molecule has 0 radical (unpaired) electrons. The Morgan fingerprint density at radius 2 is 2.32 bits per heavy atom. The molecular weight excluding hydrogens is 238 g/mol. The SMILES string of the molecule is COc1cc(C)nc(CN2CCCC3CNCC32)c1. The molecule has 2 aliphatic heterocycles. The first kappa shape index (κ1) is 12.9. The van der Waals surface area contributed by atoms with Gasteiger partial charge in [0.15, 0.2) is 0 Å². The predicted octanol–water partition coefficient (Wildman–Crippen LogP) is 1.58. The number of nitrogens with one attached hydrogen (secondary N) is 1. The third-order valence-electron chi connectivity index (χ3n) is 4.37. The quantitative estimate of drug-likeness (QED) is 0.896. The Morgan fingerprint density at radius 1 is 1.42 bits per heavy atom. The highest BCUT2D eigenvalue weighted by atomic mass is 16.5. The lowest BCUT2D eigenvalue weighted by atomic mass is 9.92. The first-order chi connectivity index (χ1) is 9.26. The van der Waals surface area contributed by atoms with Crippen molar-refractivity contribution in [1.29, 1.82) is 0 Å². The fourth-order valence-corrected chi connectivity index (χ4v) is 3.47. The molecule has 19 heavy (non-hydrogen) atoms. The second kappa shape index (κ2) is 5.47. The summed E-state index contributed by atoms with van der Waals surface area (Å²) in [4.78, 5) is 7.24. The highest BCUT2D eigenvalue weighted by Gasteiger charge is 2.34. The average Bonchev–Trinajstić information content (AvgIpc) is 2.87. The molecule has 0 aliphatic carbocycles. The van der Waals surface area contributed by atoms with Gasteiger partial charge in [-0.2, -0.15) is 0 Å². The standard InChI is InChI=1S/C15H23N3O/c1-11-6-14(19-2)7-13(17-11)10-18-5-3-4-12-8-16-9-15(12)18/h6-7,12,15-16H,3-5,8-10H2,1-2H3. The molecule has 1 N–H and O–H groups in total. The number of aromatic nitrogens is 1. The molecule has 104 valence electrons. The predicted molar refractivity (Wildman–Crippen MR) is 75.3 cm³/mol. The van der Waals surface area contributed by atoms with Gasteiger partial charge >= 0.3 is 0 Å². The summed E-state index contributed by atoms with van der Waals surface area (Å²) in [5.41, 5.74) is 2.16. The lowest BCUT2D eigenvalue weighted by molar-refractivity contribution is 0.116. The van der Waals surface area contributed by atoms with Gasteiger partial charge in [0.1, 0.15) is 5.75 Å². The number of hydrogen-bond acceptors (Lipinski definition) is 4. The normalized spacial score (nSPS) is 27.3. The van der Waals surface area contributed by atoms with Crippen LogP contribution < -0.4 is 10.1 Å². The van der Waals surface area contributed by atoms with Crippen LogP contribution in [-0.2, 0) is 6.54 Å². The Balaban J connectivity index is 1.75. The lowest BCUT2D eigenvalue weighted by Crippen LogP contribution is -2.44. The third kappa shape index (κ3) is 2.74. The van der Waals surface area contributed by atoms with Crippen LogP contribution in [0.25, 0.3) is 0 Å². The van der Waals surface area contributed by atoms with E-state index in [2.05, 4.69) is 21.3 Å². The van der Waals surface area contributed by atoms with E-state index >= 15 is 0 Å². The Labute approximate surface area is 115 Å². The van der Waals surface area contributed by atoms with E-state index in [1.165, 1.54) is 25.9 Å². The molecule has 4 nitrogen and oxygen atoms in total. The van der Waals surface area contributed by atoms with Crippen molar-refractivity contribution < 1.29 is 4.74 Å². The van der Waals surface area contributed by atoms with Gasteiger partial charge in [0, 0.05) is 37.0 Å². The van der Waals surface area contributed by atoms with Crippen LogP contribution >= 0.6 is 0 Å². The summed E-state index contributed by atoms with van der Waals surface area (Å²) in [5, 5.41) is 3.53. The number of rotatable bonds is 3. The summed E-state index contributed by atoms with van der Waals surface area (Å²) in [6.07, 6.45) is 2.69. The van der Waals surface area contributed by atoms with Crippen LogP contribution in [0.1, 0.15) is 24.2 Å². The van der Waals surface area contributed by atoms with Gasteiger partial charge in [-0.1, -0.05) is 0 Å². The molecule has 3 rings (SSSR count). The van der Waals surface area contributed by atoms with Crippen molar-refractivity contribution >= 4 is 0 Å². The molecule has 1 aromatic heterocycles.